The van der Waals surface area contributed by atoms with Crippen molar-refractivity contribution in [3.63, 3.8) is 0 Å². The maximum Gasteiger partial charge on any atom is 0.330 e. The molecule has 0 aliphatic rings. The summed E-state index contributed by atoms with van der Waals surface area (Å²) < 4.78 is 11.1. The smallest absolute Gasteiger partial charge is 0.330 e. The van der Waals surface area contributed by atoms with Crippen molar-refractivity contribution >= 4 is 11.8 Å². The molecule has 1 atom stereocenters. The number of hydrogen-bond donors (Lipinski definition) is 0. The number of carbonyl (C=O) groups is 2. The quantitative estimate of drug-likeness (QED) is 0.320. The van der Waals surface area contributed by atoms with Crippen LogP contribution in [-0.2, 0) is 9.53 Å². The molecule has 142 valence electrons. The zero-order valence-corrected chi connectivity index (χ0v) is 15.7. The van der Waals surface area contributed by atoms with Crippen molar-refractivity contribution in [2.45, 2.75) is 38.7 Å². The lowest BCUT2D eigenvalue weighted by atomic mass is 10.0. The Labute approximate surface area is 160 Å². The predicted octanol–water partition coefficient (Wildman–Crippen LogP) is 4.97. The van der Waals surface area contributed by atoms with Crippen molar-refractivity contribution in [1.82, 2.24) is 0 Å². The third kappa shape index (κ3) is 6.74. The summed E-state index contributed by atoms with van der Waals surface area (Å²) in [6.45, 7) is 5.81. The monoisotopic (exact) mass is 366 g/mol. The van der Waals surface area contributed by atoms with E-state index in [0.29, 0.717) is 29.9 Å². The van der Waals surface area contributed by atoms with Crippen LogP contribution in [0.25, 0.3) is 0 Å². The Hall–Kier alpha value is -2.88. The van der Waals surface area contributed by atoms with Gasteiger partial charge in [-0.1, -0.05) is 56.7 Å². The van der Waals surface area contributed by atoms with Gasteiger partial charge < -0.3 is 9.47 Å². The molecular weight excluding hydrogens is 340 g/mol. The van der Waals surface area contributed by atoms with Gasteiger partial charge in [0.25, 0.3) is 0 Å². The molecule has 2 aromatic carbocycles. The molecule has 0 saturated carbocycles. The maximum absolute atomic E-state index is 12.5. The van der Waals surface area contributed by atoms with Crippen LogP contribution in [0.4, 0.5) is 0 Å². The van der Waals surface area contributed by atoms with Crippen LogP contribution in [0, 0.1) is 0 Å². The van der Waals surface area contributed by atoms with Gasteiger partial charge in [0.15, 0.2) is 5.78 Å². The van der Waals surface area contributed by atoms with E-state index in [0.717, 1.165) is 25.3 Å². The van der Waals surface area contributed by atoms with E-state index in [1.165, 1.54) is 0 Å². The van der Waals surface area contributed by atoms with Gasteiger partial charge in [-0.2, -0.15) is 0 Å². The van der Waals surface area contributed by atoms with Gasteiger partial charge in [0.2, 0.25) is 0 Å². The minimum Gasteiger partial charge on any atom is -0.490 e. The molecule has 0 aliphatic carbocycles. The zero-order chi connectivity index (χ0) is 19.5. The fourth-order valence-electron chi connectivity index (χ4n) is 2.68. The fraction of sp³-hybridized carbons (Fsp3) is 0.304. The Morgan fingerprint density at radius 1 is 1.00 bits per heavy atom. The highest BCUT2D eigenvalue weighted by molar-refractivity contribution is 6.08. The highest BCUT2D eigenvalue weighted by Gasteiger charge is 2.13. The summed E-state index contributed by atoms with van der Waals surface area (Å²) in [5.74, 6) is 0.268. The summed E-state index contributed by atoms with van der Waals surface area (Å²) in [6.07, 6.45) is 4.71. The van der Waals surface area contributed by atoms with E-state index >= 15 is 0 Å². The number of rotatable bonds is 11. The summed E-state index contributed by atoms with van der Waals surface area (Å²) in [7, 11) is 0. The molecule has 0 bridgehead atoms. The Balaban J connectivity index is 1.97. The number of hydrogen-bond acceptors (Lipinski definition) is 4. The van der Waals surface area contributed by atoms with Crippen LogP contribution in [0.2, 0.25) is 0 Å². The summed E-state index contributed by atoms with van der Waals surface area (Å²) >= 11 is 0. The van der Waals surface area contributed by atoms with E-state index < -0.39 is 5.97 Å². The highest BCUT2D eigenvalue weighted by atomic mass is 16.5. The van der Waals surface area contributed by atoms with Crippen LogP contribution in [0.15, 0.2) is 67.3 Å². The predicted molar refractivity (Wildman–Crippen MR) is 106 cm³/mol. The Kier molecular flexibility index (Phi) is 8.30. The van der Waals surface area contributed by atoms with E-state index in [2.05, 4.69) is 13.5 Å². The molecule has 2 rings (SSSR count). The first kappa shape index (κ1) is 20.4. The van der Waals surface area contributed by atoms with E-state index in [-0.39, 0.29) is 11.9 Å². The first-order chi connectivity index (χ1) is 13.1. The van der Waals surface area contributed by atoms with Crippen molar-refractivity contribution in [2.24, 2.45) is 0 Å². The zero-order valence-electron chi connectivity index (χ0n) is 15.7. The molecule has 0 radical (unpaired) electrons. The molecular formula is C23H26O4. The minimum absolute atomic E-state index is 0.0129. The number of esters is 1. The van der Waals surface area contributed by atoms with Crippen LogP contribution in [-0.4, -0.2) is 24.5 Å². The Morgan fingerprint density at radius 3 is 2.30 bits per heavy atom. The second-order valence-corrected chi connectivity index (χ2v) is 6.26. The van der Waals surface area contributed by atoms with Crippen LogP contribution < -0.4 is 4.74 Å². The molecule has 0 saturated heterocycles. The molecule has 27 heavy (non-hydrogen) atoms. The van der Waals surface area contributed by atoms with Crippen LogP contribution in [0.3, 0.4) is 0 Å². The molecule has 4 heteroatoms. The normalized spacial score (nSPS) is 11.4. The maximum atomic E-state index is 12.5. The number of unbranched alkanes of at least 4 members (excludes halogenated alkanes) is 1. The van der Waals surface area contributed by atoms with Gasteiger partial charge in [0.05, 0.1) is 6.61 Å². The molecule has 0 aliphatic heterocycles. The number of carbonyl (C=O) groups excluding carboxylic acids is 2. The van der Waals surface area contributed by atoms with E-state index in [1.54, 1.807) is 24.3 Å². The topological polar surface area (TPSA) is 52.6 Å². The van der Waals surface area contributed by atoms with Crippen LogP contribution in [0.1, 0.15) is 48.5 Å². The van der Waals surface area contributed by atoms with Crippen molar-refractivity contribution in [3.8, 4) is 5.75 Å². The van der Waals surface area contributed by atoms with E-state index in [1.807, 2.05) is 30.3 Å². The van der Waals surface area contributed by atoms with Crippen molar-refractivity contribution in [2.75, 3.05) is 6.61 Å². The van der Waals surface area contributed by atoms with Crippen molar-refractivity contribution in [3.05, 3.63) is 78.4 Å². The third-order valence-electron chi connectivity index (χ3n) is 4.19. The van der Waals surface area contributed by atoms with Gasteiger partial charge in [-0.3, -0.25) is 4.79 Å². The fourth-order valence-corrected chi connectivity index (χ4v) is 2.68. The Bertz CT molecular complexity index is 735. The summed E-state index contributed by atoms with van der Waals surface area (Å²) in [5, 5.41) is 0. The van der Waals surface area contributed by atoms with Crippen molar-refractivity contribution in [1.29, 1.82) is 0 Å². The lowest BCUT2D eigenvalue weighted by Crippen LogP contribution is -2.20. The molecule has 0 aromatic heterocycles. The highest BCUT2D eigenvalue weighted by Crippen LogP contribution is 2.19. The molecule has 4 nitrogen and oxygen atoms in total. The largest absolute Gasteiger partial charge is 0.490 e. The lowest BCUT2D eigenvalue weighted by molar-refractivity contribution is -0.138. The SMILES string of the molecule is C=CC(=O)OCCC(CCCC)Oc1ccc(C(=O)c2ccccc2)cc1. The van der Waals surface area contributed by atoms with Gasteiger partial charge >= 0.3 is 5.97 Å². The first-order valence-corrected chi connectivity index (χ1v) is 9.29. The average molecular weight is 366 g/mol. The minimum atomic E-state index is -0.423. The lowest BCUT2D eigenvalue weighted by Gasteiger charge is -2.19. The second-order valence-electron chi connectivity index (χ2n) is 6.26. The number of ether oxygens (including phenoxy) is 2. The third-order valence-corrected chi connectivity index (χ3v) is 4.19. The van der Waals surface area contributed by atoms with Gasteiger partial charge in [-0.25, -0.2) is 4.79 Å². The van der Waals surface area contributed by atoms with Gasteiger partial charge in [0, 0.05) is 23.6 Å². The standard InChI is InChI=1S/C23H26O4/c1-3-5-11-20(16-17-26-22(24)4-2)27-21-14-12-19(13-15-21)23(25)18-9-7-6-8-10-18/h4,6-10,12-15,20H,2-3,5,11,16-17H2,1H3. The first-order valence-electron chi connectivity index (χ1n) is 9.29. The molecule has 0 N–H and O–H groups in total. The molecule has 0 heterocycles. The Morgan fingerprint density at radius 2 is 1.67 bits per heavy atom. The number of benzene rings is 2. The summed E-state index contributed by atoms with van der Waals surface area (Å²) in [6, 6.07) is 16.4. The van der Waals surface area contributed by atoms with Crippen molar-refractivity contribution < 1.29 is 19.1 Å². The van der Waals surface area contributed by atoms with E-state index in [4.69, 9.17) is 9.47 Å². The second kappa shape index (κ2) is 11.0. The molecule has 1 unspecified atom stereocenters. The molecule has 0 spiro atoms. The average Bonchev–Trinajstić information content (AvgIpc) is 2.72. The molecule has 0 amide bonds. The summed E-state index contributed by atoms with van der Waals surface area (Å²) in [4.78, 5) is 23.6. The number of ketones is 1. The molecule has 2 aromatic rings. The van der Waals surface area contributed by atoms with Gasteiger partial charge in [0.1, 0.15) is 11.9 Å². The van der Waals surface area contributed by atoms with Gasteiger partial charge in [-0.05, 0) is 30.7 Å². The van der Waals surface area contributed by atoms with Crippen LogP contribution in [0.5, 0.6) is 5.75 Å². The van der Waals surface area contributed by atoms with E-state index in [9.17, 15) is 9.59 Å². The van der Waals surface area contributed by atoms with Crippen LogP contribution >= 0.6 is 0 Å². The molecule has 0 fully saturated rings. The summed E-state index contributed by atoms with van der Waals surface area (Å²) in [5.41, 5.74) is 1.29. The van der Waals surface area contributed by atoms with Gasteiger partial charge in [-0.15, -0.1) is 0 Å².